The molecule has 1 amide bonds. The van der Waals surface area contributed by atoms with Crippen molar-refractivity contribution in [2.75, 3.05) is 12.4 Å². The summed E-state index contributed by atoms with van der Waals surface area (Å²) in [6, 6.07) is 7.47. The van der Waals surface area contributed by atoms with Gasteiger partial charge in [0.1, 0.15) is 16.3 Å². The number of ether oxygens (including phenoxy) is 1. The van der Waals surface area contributed by atoms with Gasteiger partial charge in [0.05, 0.1) is 18.8 Å². The van der Waals surface area contributed by atoms with Gasteiger partial charge in [-0.3, -0.25) is 4.79 Å². The van der Waals surface area contributed by atoms with E-state index in [1.807, 2.05) is 45.0 Å². The Balaban J connectivity index is 2.07. The predicted octanol–water partition coefficient (Wildman–Crippen LogP) is 4.23. The maximum atomic E-state index is 12.8. The van der Waals surface area contributed by atoms with E-state index in [1.165, 1.54) is 4.88 Å². The largest absolute Gasteiger partial charge is 0.497 e. The molecule has 1 aromatic carbocycles. The van der Waals surface area contributed by atoms with Crippen molar-refractivity contribution in [2.45, 2.75) is 52.6 Å². The summed E-state index contributed by atoms with van der Waals surface area (Å²) in [7, 11) is 1.63. The summed E-state index contributed by atoms with van der Waals surface area (Å²) in [6.07, 6.45) is 0.802. The first-order valence-electron chi connectivity index (χ1n) is 8.44. The second-order valence-corrected chi connectivity index (χ2v) is 7.84. The fourth-order valence-electron chi connectivity index (χ4n) is 2.42. The summed E-state index contributed by atoms with van der Waals surface area (Å²) >= 11 is 1.65. The molecule has 136 valence electrons. The molecular formula is C19H27N3O2S. The van der Waals surface area contributed by atoms with Gasteiger partial charge in [-0.1, -0.05) is 6.92 Å². The molecule has 0 bridgehead atoms. The van der Waals surface area contributed by atoms with Crippen LogP contribution in [0.25, 0.3) is 0 Å². The molecule has 0 aliphatic heterocycles. The minimum absolute atomic E-state index is 0.0549. The van der Waals surface area contributed by atoms with Crippen molar-refractivity contribution in [1.29, 1.82) is 0 Å². The van der Waals surface area contributed by atoms with Gasteiger partial charge in [-0.25, -0.2) is 4.98 Å². The maximum absolute atomic E-state index is 12.8. The smallest absolute Gasteiger partial charge is 0.245 e. The van der Waals surface area contributed by atoms with Crippen LogP contribution < -0.4 is 15.4 Å². The van der Waals surface area contributed by atoms with Crippen molar-refractivity contribution in [1.82, 2.24) is 10.3 Å². The van der Waals surface area contributed by atoms with Gasteiger partial charge in [-0.05, 0) is 58.4 Å². The summed E-state index contributed by atoms with van der Waals surface area (Å²) in [4.78, 5) is 18.6. The number of rotatable bonds is 7. The molecule has 2 N–H and O–H groups in total. The standard InChI is InChI=1S/C19H27N3O2S/c1-7-16(17-20-12(2)13(3)25-17)21-18(23)19(4,5)22-14-8-10-15(24-6)11-9-14/h8-11,16,22H,7H2,1-6H3,(H,21,23). The zero-order chi connectivity index (χ0) is 18.6. The number of aryl methyl sites for hydroxylation is 2. The van der Waals surface area contributed by atoms with Crippen LogP contribution in [0.1, 0.15) is 48.8 Å². The first kappa shape index (κ1) is 19.2. The Morgan fingerprint density at radius 3 is 2.40 bits per heavy atom. The monoisotopic (exact) mass is 361 g/mol. The zero-order valence-corrected chi connectivity index (χ0v) is 16.6. The zero-order valence-electron chi connectivity index (χ0n) is 15.8. The summed E-state index contributed by atoms with van der Waals surface area (Å²) in [5, 5.41) is 7.37. The van der Waals surface area contributed by atoms with Gasteiger partial charge in [0.2, 0.25) is 5.91 Å². The van der Waals surface area contributed by atoms with Gasteiger partial charge in [0.15, 0.2) is 0 Å². The number of nitrogens with zero attached hydrogens (tertiary/aromatic N) is 1. The van der Waals surface area contributed by atoms with Crippen molar-refractivity contribution >= 4 is 22.9 Å². The average molecular weight is 362 g/mol. The number of aromatic nitrogens is 1. The van der Waals surface area contributed by atoms with Crippen LogP contribution in [0, 0.1) is 13.8 Å². The highest BCUT2D eigenvalue weighted by Crippen LogP contribution is 2.26. The molecular weight excluding hydrogens is 334 g/mol. The molecule has 1 heterocycles. The molecule has 0 aliphatic carbocycles. The van der Waals surface area contributed by atoms with Gasteiger partial charge in [0.25, 0.3) is 0 Å². The number of methoxy groups -OCH3 is 1. The number of carbonyl (C=O) groups excluding carboxylic acids is 1. The van der Waals surface area contributed by atoms with Gasteiger partial charge in [-0.2, -0.15) is 0 Å². The molecule has 1 atom stereocenters. The normalized spacial score (nSPS) is 12.6. The highest BCUT2D eigenvalue weighted by molar-refractivity contribution is 7.11. The number of carbonyl (C=O) groups is 1. The molecule has 0 radical (unpaired) electrons. The number of hydrogen-bond donors (Lipinski definition) is 2. The summed E-state index contributed by atoms with van der Waals surface area (Å²) in [5.74, 6) is 0.731. The molecule has 5 nitrogen and oxygen atoms in total. The molecule has 0 saturated heterocycles. The lowest BCUT2D eigenvalue weighted by Gasteiger charge is -2.28. The molecule has 0 aliphatic rings. The van der Waals surface area contributed by atoms with Gasteiger partial charge in [0, 0.05) is 10.6 Å². The second-order valence-electron chi connectivity index (χ2n) is 6.61. The Hall–Kier alpha value is -2.08. The first-order valence-corrected chi connectivity index (χ1v) is 9.25. The fraction of sp³-hybridized carbons (Fsp3) is 0.474. The highest BCUT2D eigenvalue weighted by Gasteiger charge is 2.30. The topological polar surface area (TPSA) is 63.2 Å². The van der Waals surface area contributed by atoms with E-state index in [9.17, 15) is 4.79 Å². The summed E-state index contributed by atoms with van der Waals surface area (Å²) in [6.45, 7) is 9.86. The van der Waals surface area contributed by atoms with Crippen LogP contribution in [0.4, 0.5) is 5.69 Å². The van der Waals surface area contributed by atoms with Crippen molar-refractivity contribution in [3.8, 4) is 5.75 Å². The Labute approximate surface area is 153 Å². The van der Waals surface area contributed by atoms with Crippen molar-refractivity contribution < 1.29 is 9.53 Å². The third-order valence-corrected chi connectivity index (χ3v) is 5.36. The van der Waals surface area contributed by atoms with E-state index in [0.717, 1.165) is 28.6 Å². The Kier molecular flexibility index (Phi) is 6.06. The quantitative estimate of drug-likeness (QED) is 0.775. The molecule has 0 saturated carbocycles. The van der Waals surface area contributed by atoms with Crippen LogP contribution >= 0.6 is 11.3 Å². The lowest BCUT2D eigenvalue weighted by molar-refractivity contribution is -0.125. The van der Waals surface area contributed by atoms with E-state index >= 15 is 0 Å². The van der Waals surface area contributed by atoms with Crippen molar-refractivity contribution in [3.63, 3.8) is 0 Å². The van der Waals surface area contributed by atoms with E-state index in [1.54, 1.807) is 18.4 Å². The number of benzene rings is 1. The molecule has 0 fully saturated rings. The minimum atomic E-state index is -0.747. The molecule has 2 rings (SSSR count). The lowest BCUT2D eigenvalue weighted by atomic mass is 10.0. The van der Waals surface area contributed by atoms with E-state index in [0.29, 0.717) is 0 Å². The van der Waals surface area contributed by atoms with E-state index in [-0.39, 0.29) is 11.9 Å². The molecule has 1 unspecified atom stereocenters. The number of nitrogens with one attached hydrogen (secondary N) is 2. The average Bonchev–Trinajstić information content (AvgIpc) is 2.91. The first-order chi connectivity index (χ1) is 11.8. The van der Waals surface area contributed by atoms with Crippen LogP contribution in [0.3, 0.4) is 0 Å². The number of amides is 1. The fourth-order valence-corrected chi connectivity index (χ4v) is 3.47. The van der Waals surface area contributed by atoms with E-state index in [2.05, 4.69) is 29.5 Å². The maximum Gasteiger partial charge on any atom is 0.245 e. The predicted molar refractivity (Wildman–Crippen MR) is 103 cm³/mol. The second kappa shape index (κ2) is 7.87. The van der Waals surface area contributed by atoms with Gasteiger partial charge >= 0.3 is 0 Å². The Morgan fingerprint density at radius 1 is 1.28 bits per heavy atom. The molecule has 25 heavy (non-hydrogen) atoms. The van der Waals surface area contributed by atoms with Gasteiger partial charge < -0.3 is 15.4 Å². The van der Waals surface area contributed by atoms with Crippen LogP contribution in [0.5, 0.6) is 5.75 Å². The van der Waals surface area contributed by atoms with Crippen molar-refractivity contribution in [3.05, 3.63) is 39.8 Å². The van der Waals surface area contributed by atoms with Crippen LogP contribution in [-0.4, -0.2) is 23.5 Å². The van der Waals surface area contributed by atoms with Crippen LogP contribution in [-0.2, 0) is 4.79 Å². The SMILES string of the molecule is CCC(NC(=O)C(C)(C)Nc1ccc(OC)cc1)c1nc(C)c(C)s1. The number of anilines is 1. The third-order valence-electron chi connectivity index (χ3n) is 4.17. The van der Waals surface area contributed by atoms with Gasteiger partial charge in [-0.15, -0.1) is 11.3 Å². The Morgan fingerprint density at radius 2 is 1.92 bits per heavy atom. The van der Waals surface area contributed by atoms with E-state index in [4.69, 9.17) is 4.74 Å². The number of hydrogen-bond acceptors (Lipinski definition) is 5. The highest BCUT2D eigenvalue weighted by atomic mass is 32.1. The molecule has 1 aromatic heterocycles. The van der Waals surface area contributed by atoms with E-state index < -0.39 is 5.54 Å². The van der Waals surface area contributed by atoms with Crippen LogP contribution in [0.15, 0.2) is 24.3 Å². The third kappa shape index (κ3) is 4.72. The Bertz CT molecular complexity index is 703. The molecule has 0 spiro atoms. The summed E-state index contributed by atoms with van der Waals surface area (Å²) in [5.41, 5.74) is 1.15. The van der Waals surface area contributed by atoms with Crippen molar-refractivity contribution in [2.24, 2.45) is 0 Å². The summed E-state index contributed by atoms with van der Waals surface area (Å²) < 4.78 is 5.16. The number of thiazole rings is 1. The lowest BCUT2D eigenvalue weighted by Crippen LogP contribution is -2.48. The minimum Gasteiger partial charge on any atom is -0.497 e. The van der Waals surface area contributed by atoms with Crippen LogP contribution in [0.2, 0.25) is 0 Å². The molecule has 2 aromatic rings. The molecule has 6 heteroatoms.